The number of hydrogen-bond acceptors (Lipinski definition) is 5. The van der Waals surface area contributed by atoms with Gasteiger partial charge in [-0.2, -0.15) is 0 Å². The van der Waals surface area contributed by atoms with Crippen molar-refractivity contribution < 1.29 is 0 Å². The van der Waals surface area contributed by atoms with E-state index in [2.05, 4.69) is 19.8 Å². The third-order valence-corrected chi connectivity index (χ3v) is 4.17. The fourth-order valence-corrected chi connectivity index (χ4v) is 2.72. The average molecular weight is 291 g/mol. The third-order valence-electron chi connectivity index (χ3n) is 3.96. The Kier molecular flexibility index (Phi) is 3.85. The van der Waals surface area contributed by atoms with Gasteiger partial charge in [0.25, 0.3) is 0 Å². The summed E-state index contributed by atoms with van der Waals surface area (Å²) < 4.78 is 0. The van der Waals surface area contributed by atoms with Gasteiger partial charge in [0.05, 0.1) is 0 Å². The Morgan fingerprint density at radius 3 is 2.60 bits per heavy atom. The predicted octanol–water partition coefficient (Wildman–Crippen LogP) is 0.951. The van der Waals surface area contributed by atoms with Crippen molar-refractivity contribution in [3.05, 3.63) is 17.5 Å². The van der Waals surface area contributed by atoms with Crippen molar-refractivity contribution in [3.63, 3.8) is 0 Å². The van der Waals surface area contributed by atoms with E-state index in [1.807, 2.05) is 13.0 Å². The molecule has 0 unspecified atom stereocenters. The zero-order valence-electron chi connectivity index (χ0n) is 11.9. The van der Waals surface area contributed by atoms with E-state index in [1.54, 1.807) is 0 Å². The van der Waals surface area contributed by atoms with Crippen molar-refractivity contribution in [1.29, 1.82) is 0 Å². The lowest BCUT2D eigenvalue weighted by atomic mass is 10.3. The van der Waals surface area contributed by atoms with E-state index in [1.165, 1.54) is 19.4 Å². The molecule has 1 aliphatic heterocycles. The fraction of sp³-hybridized carbons (Fsp3) is 0.643. The summed E-state index contributed by atoms with van der Waals surface area (Å²) in [6.45, 7) is 7.36. The number of nitrogens with zero attached hydrogens (tertiary/aromatic N) is 4. The van der Waals surface area contributed by atoms with Crippen LogP contribution in [-0.2, 0) is 0 Å². The first kappa shape index (κ1) is 13.7. The summed E-state index contributed by atoms with van der Waals surface area (Å²) in [5, 5.41) is 0. The van der Waals surface area contributed by atoms with E-state index in [0.717, 1.165) is 43.7 Å². The second-order valence-electron chi connectivity index (χ2n) is 5.79. The van der Waals surface area contributed by atoms with Gasteiger partial charge in [0, 0.05) is 38.4 Å². The molecule has 6 heteroatoms. The predicted molar refractivity (Wildman–Crippen MR) is 84.0 cm³/mol. The van der Waals surface area contributed by atoms with E-state index >= 15 is 0 Å². The molecule has 1 aliphatic carbocycles. The normalized spacial score (nSPS) is 20.1. The van der Waals surface area contributed by atoms with Crippen molar-refractivity contribution >= 4 is 23.2 Å². The maximum absolute atomic E-state index is 5.68. The van der Waals surface area contributed by atoms with Gasteiger partial charge in [0.2, 0.25) is 5.95 Å². The van der Waals surface area contributed by atoms with E-state index in [9.17, 15) is 0 Å². The van der Waals surface area contributed by atoms with E-state index in [0.29, 0.717) is 10.7 Å². The fourth-order valence-electron chi connectivity index (χ4n) is 2.62. The highest BCUT2D eigenvalue weighted by Crippen LogP contribution is 2.30. The van der Waals surface area contributed by atoms with Crippen molar-refractivity contribution in [3.8, 4) is 0 Å². The largest absolute Gasteiger partial charge is 0.388 e. The molecular formula is C14H21N5S. The number of aromatic nitrogens is 2. The minimum Gasteiger partial charge on any atom is -0.388 e. The molecule has 0 radical (unpaired) electrons. The first-order chi connectivity index (χ1) is 9.61. The lowest BCUT2D eigenvalue weighted by Crippen LogP contribution is -2.47. The first-order valence-electron chi connectivity index (χ1n) is 7.24. The molecule has 0 aromatic carbocycles. The van der Waals surface area contributed by atoms with E-state index in [4.69, 9.17) is 18.0 Å². The molecule has 2 aliphatic rings. The standard InChI is InChI=1S/C14H21N5S/c1-10-8-12(13(15)20)17-14(16-10)19-6-4-18(5-7-19)9-11-2-3-11/h8,11H,2-7,9H2,1H3,(H2,15,20). The summed E-state index contributed by atoms with van der Waals surface area (Å²) in [5.41, 5.74) is 7.26. The third kappa shape index (κ3) is 3.24. The quantitative estimate of drug-likeness (QED) is 0.834. The van der Waals surface area contributed by atoms with Gasteiger partial charge >= 0.3 is 0 Å². The number of hydrogen-bond donors (Lipinski definition) is 1. The molecule has 5 nitrogen and oxygen atoms in total. The van der Waals surface area contributed by atoms with Gasteiger partial charge in [-0.25, -0.2) is 9.97 Å². The molecule has 3 rings (SSSR count). The van der Waals surface area contributed by atoms with E-state index < -0.39 is 0 Å². The number of thiocarbonyl (C=S) groups is 1. The Balaban J connectivity index is 1.66. The maximum Gasteiger partial charge on any atom is 0.226 e. The minimum atomic E-state index is 0.337. The number of rotatable bonds is 4. The second-order valence-corrected chi connectivity index (χ2v) is 6.23. The summed E-state index contributed by atoms with van der Waals surface area (Å²) >= 11 is 5.02. The maximum atomic E-state index is 5.68. The van der Waals surface area contributed by atoms with Crippen LogP contribution in [0.5, 0.6) is 0 Å². The molecule has 20 heavy (non-hydrogen) atoms. The summed E-state index contributed by atoms with van der Waals surface area (Å²) in [6.07, 6.45) is 2.83. The van der Waals surface area contributed by atoms with Crippen LogP contribution < -0.4 is 10.6 Å². The van der Waals surface area contributed by atoms with Gasteiger partial charge in [-0.1, -0.05) is 12.2 Å². The summed E-state index contributed by atoms with van der Waals surface area (Å²) in [6, 6.07) is 1.84. The van der Waals surface area contributed by atoms with Crippen molar-refractivity contribution in [2.24, 2.45) is 11.7 Å². The van der Waals surface area contributed by atoms with Gasteiger partial charge in [0.1, 0.15) is 10.7 Å². The van der Waals surface area contributed by atoms with Gasteiger partial charge in [-0.15, -0.1) is 0 Å². The number of anilines is 1. The smallest absolute Gasteiger partial charge is 0.226 e. The molecule has 0 bridgehead atoms. The van der Waals surface area contributed by atoms with Crippen molar-refractivity contribution in [1.82, 2.24) is 14.9 Å². The molecule has 2 heterocycles. The van der Waals surface area contributed by atoms with Crippen LogP contribution in [0.3, 0.4) is 0 Å². The highest BCUT2D eigenvalue weighted by atomic mass is 32.1. The number of nitrogens with two attached hydrogens (primary N) is 1. The van der Waals surface area contributed by atoms with Crippen LogP contribution >= 0.6 is 12.2 Å². The van der Waals surface area contributed by atoms with Crippen LogP contribution in [0.25, 0.3) is 0 Å². The Morgan fingerprint density at radius 1 is 1.30 bits per heavy atom. The Labute approximate surface area is 125 Å². The van der Waals surface area contributed by atoms with Gasteiger partial charge in [-0.05, 0) is 31.7 Å². The Bertz CT molecular complexity index is 506. The minimum absolute atomic E-state index is 0.337. The van der Waals surface area contributed by atoms with E-state index in [-0.39, 0.29) is 0 Å². The van der Waals surface area contributed by atoms with Crippen LogP contribution in [0.15, 0.2) is 6.07 Å². The summed E-state index contributed by atoms with van der Waals surface area (Å²) in [4.78, 5) is 14.1. The molecule has 1 saturated carbocycles. The summed E-state index contributed by atoms with van der Waals surface area (Å²) in [7, 11) is 0. The molecule has 2 fully saturated rings. The van der Waals surface area contributed by atoms with Gasteiger partial charge in [-0.3, -0.25) is 4.90 Å². The van der Waals surface area contributed by atoms with Crippen LogP contribution in [-0.4, -0.2) is 52.6 Å². The zero-order valence-corrected chi connectivity index (χ0v) is 12.7. The molecule has 1 aromatic heterocycles. The lowest BCUT2D eigenvalue weighted by molar-refractivity contribution is 0.247. The number of aryl methyl sites for hydroxylation is 1. The van der Waals surface area contributed by atoms with Crippen molar-refractivity contribution in [2.45, 2.75) is 19.8 Å². The zero-order chi connectivity index (χ0) is 14.1. The van der Waals surface area contributed by atoms with Gasteiger partial charge < -0.3 is 10.6 Å². The monoisotopic (exact) mass is 291 g/mol. The van der Waals surface area contributed by atoms with Crippen LogP contribution in [0.4, 0.5) is 5.95 Å². The topological polar surface area (TPSA) is 58.3 Å². The summed E-state index contributed by atoms with van der Waals surface area (Å²) in [5.74, 6) is 1.72. The Morgan fingerprint density at radius 2 is 2.00 bits per heavy atom. The molecular weight excluding hydrogens is 270 g/mol. The molecule has 2 N–H and O–H groups in total. The van der Waals surface area contributed by atoms with Crippen LogP contribution in [0.1, 0.15) is 24.2 Å². The molecule has 0 atom stereocenters. The first-order valence-corrected chi connectivity index (χ1v) is 7.65. The molecule has 0 spiro atoms. The highest BCUT2D eigenvalue weighted by Gasteiger charge is 2.27. The average Bonchev–Trinajstić information content (AvgIpc) is 3.23. The number of piperazine rings is 1. The van der Waals surface area contributed by atoms with Crippen molar-refractivity contribution in [2.75, 3.05) is 37.6 Å². The highest BCUT2D eigenvalue weighted by molar-refractivity contribution is 7.80. The Hall–Kier alpha value is -1.27. The molecule has 1 aromatic rings. The SMILES string of the molecule is Cc1cc(C(N)=S)nc(N2CCN(CC3CC3)CC2)n1. The lowest BCUT2D eigenvalue weighted by Gasteiger charge is -2.34. The molecule has 1 saturated heterocycles. The van der Waals surface area contributed by atoms with Crippen LogP contribution in [0, 0.1) is 12.8 Å². The molecule has 108 valence electrons. The van der Waals surface area contributed by atoms with Gasteiger partial charge in [0.15, 0.2) is 0 Å². The molecule has 0 amide bonds. The second kappa shape index (κ2) is 5.61. The van der Waals surface area contributed by atoms with Crippen LogP contribution in [0.2, 0.25) is 0 Å².